The monoisotopic (exact) mass is 289 g/mol. The van der Waals surface area contributed by atoms with Crippen LogP contribution in [0, 0.1) is 18.3 Å². The lowest BCUT2D eigenvalue weighted by atomic mass is 10.1. The Balaban J connectivity index is 2.03. The van der Waals surface area contributed by atoms with Gasteiger partial charge in [0.15, 0.2) is 5.15 Å². The number of benzene rings is 1. The Morgan fingerprint density at radius 2 is 1.95 bits per heavy atom. The zero-order chi connectivity index (χ0) is 13.7. The molecule has 0 saturated heterocycles. The molecule has 0 spiro atoms. The molecule has 0 unspecified atom stereocenters. The van der Waals surface area contributed by atoms with Crippen molar-refractivity contribution < 1.29 is 0 Å². The van der Waals surface area contributed by atoms with Gasteiger partial charge in [-0.3, -0.25) is 0 Å². The van der Waals surface area contributed by atoms with Gasteiger partial charge >= 0.3 is 0 Å². The second-order valence-corrected chi connectivity index (χ2v) is 5.73. The van der Waals surface area contributed by atoms with Crippen LogP contribution < -0.4 is 0 Å². The van der Waals surface area contributed by atoms with Crippen molar-refractivity contribution in [1.29, 1.82) is 5.26 Å². The molecule has 2 rings (SSSR count). The Bertz CT molecular complexity index is 528. The van der Waals surface area contributed by atoms with E-state index in [4.69, 9.17) is 11.6 Å². The molecule has 3 nitrogen and oxygen atoms in total. The van der Waals surface area contributed by atoms with Crippen LogP contribution >= 0.6 is 23.4 Å². The molecule has 2 aromatic rings. The summed E-state index contributed by atoms with van der Waals surface area (Å²) < 4.78 is 0. The van der Waals surface area contributed by atoms with Crippen LogP contribution in [-0.2, 0) is 6.42 Å². The molecule has 0 bridgehead atoms. The van der Waals surface area contributed by atoms with Gasteiger partial charge in [-0.25, -0.2) is 0 Å². The summed E-state index contributed by atoms with van der Waals surface area (Å²) in [6.07, 6.45) is 0.686. The maximum absolute atomic E-state index is 9.21. The molecule has 0 N–H and O–H groups in total. The Morgan fingerprint density at radius 1 is 1.21 bits per heavy atom. The summed E-state index contributed by atoms with van der Waals surface area (Å²) in [5.41, 5.74) is 2.36. The van der Waals surface area contributed by atoms with E-state index in [9.17, 15) is 5.26 Å². The Morgan fingerprint density at radius 3 is 2.53 bits per heavy atom. The van der Waals surface area contributed by atoms with Gasteiger partial charge in [0.2, 0.25) is 0 Å². The number of hydrogen-bond donors (Lipinski definition) is 0. The predicted molar refractivity (Wildman–Crippen MR) is 77.2 cm³/mol. The van der Waals surface area contributed by atoms with Crippen molar-refractivity contribution in [3.05, 3.63) is 52.7 Å². The molecule has 5 heteroatoms. The zero-order valence-electron chi connectivity index (χ0n) is 10.4. The lowest BCUT2D eigenvalue weighted by molar-refractivity contribution is 0.921. The summed E-state index contributed by atoms with van der Waals surface area (Å²) in [7, 11) is 0. The van der Waals surface area contributed by atoms with Crippen molar-refractivity contribution in [2.24, 2.45) is 0 Å². The second kappa shape index (κ2) is 6.55. The van der Waals surface area contributed by atoms with E-state index in [2.05, 4.69) is 28.4 Å². The SMILES string of the molecule is Cc1ccc(C[C@H](C#N)Sc2ccc(Cl)nn2)cc1. The van der Waals surface area contributed by atoms with Crippen molar-refractivity contribution in [3.63, 3.8) is 0 Å². The largest absolute Gasteiger partial charge is 0.197 e. The molecular weight excluding hydrogens is 278 g/mol. The van der Waals surface area contributed by atoms with E-state index in [-0.39, 0.29) is 5.25 Å². The van der Waals surface area contributed by atoms with Crippen LogP contribution in [0.4, 0.5) is 0 Å². The fourth-order valence-electron chi connectivity index (χ4n) is 1.56. The van der Waals surface area contributed by atoms with Gasteiger partial charge in [0.25, 0.3) is 0 Å². The van der Waals surface area contributed by atoms with Gasteiger partial charge in [-0.05, 0) is 31.0 Å². The lowest BCUT2D eigenvalue weighted by Crippen LogP contribution is -2.04. The number of aromatic nitrogens is 2. The number of halogens is 1. The molecule has 1 aromatic carbocycles. The van der Waals surface area contributed by atoms with Gasteiger partial charge in [0.1, 0.15) is 10.3 Å². The van der Waals surface area contributed by atoms with Gasteiger partial charge < -0.3 is 0 Å². The van der Waals surface area contributed by atoms with Gasteiger partial charge in [-0.15, -0.1) is 10.2 Å². The third-order valence-electron chi connectivity index (χ3n) is 2.56. The average Bonchev–Trinajstić information content (AvgIpc) is 2.43. The highest BCUT2D eigenvalue weighted by Gasteiger charge is 2.11. The fourth-order valence-corrected chi connectivity index (χ4v) is 2.52. The van der Waals surface area contributed by atoms with Crippen molar-refractivity contribution >= 4 is 23.4 Å². The van der Waals surface area contributed by atoms with E-state index in [0.717, 1.165) is 5.56 Å². The van der Waals surface area contributed by atoms with Crippen LogP contribution in [-0.4, -0.2) is 15.4 Å². The molecule has 1 atom stereocenters. The van der Waals surface area contributed by atoms with Crippen LogP contribution in [0.5, 0.6) is 0 Å². The van der Waals surface area contributed by atoms with E-state index in [1.807, 2.05) is 19.1 Å². The van der Waals surface area contributed by atoms with Crippen LogP contribution in [0.25, 0.3) is 0 Å². The molecule has 0 aliphatic heterocycles. The second-order valence-electron chi connectivity index (χ2n) is 4.12. The average molecular weight is 290 g/mol. The maximum Gasteiger partial charge on any atom is 0.151 e. The quantitative estimate of drug-likeness (QED) is 0.806. The van der Waals surface area contributed by atoms with E-state index in [1.165, 1.54) is 17.3 Å². The predicted octanol–water partition coefficient (Wildman–Crippen LogP) is 3.67. The van der Waals surface area contributed by atoms with E-state index in [0.29, 0.717) is 16.6 Å². The first-order chi connectivity index (χ1) is 9.17. The van der Waals surface area contributed by atoms with Crippen LogP contribution in [0.1, 0.15) is 11.1 Å². The van der Waals surface area contributed by atoms with Gasteiger partial charge in [0.05, 0.1) is 6.07 Å². The number of nitriles is 1. The summed E-state index contributed by atoms with van der Waals surface area (Å²) in [6.45, 7) is 2.05. The fraction of sp³-hybridized carbons (Fsp3) is 0.214. The smallest absolute Gasteiger partial charge is 0.151 e. The molecule has 0 aliphatic rings. The molecular formula is C14H12ClN3S. The Kier molecular flexibility index (Phi) is 4.78. The van der Waals surface area contributed by atoms with Crippen molar-refractivity contribution in [2.75, 3.05) is 0 Å². The molecule has 0 radical (unpaired) electrons. The third kappa shape index (κ3) is 4.23. The first-order valence-electron chi connectivity index (χ1n) is 5.78. The molecule has 19 heavy (non-hydrogen) atoms. The number of thioether (sulfide) groups is 1. The van der Waals surface area contributed by atoms with Crippen molar-refractivity contribution in [2.45, 2.75) is 23.6 Å². The van der Waals surface area contributed by atoms with Gasteiger partial charge in [0, 0.05) is 0 Å². The third-order valence-corrected chi connectivity index (χ3v) is 3.77. The maximum atomic E-state index is 9.21. The number of hydrogen-bond acceptors (Lipinski definition) is 4. The molecule has 0 amide bonds. The zero-order valence-corrected chi connectivity index (χ0v) is 11.9. The van der Waals surface area contributed by atoms with E-state index in [1.54, 1.807) is 12.1 Å². The Hall–Kier alpha value is -1.57. The minimum atomic E-state index is -0.182. The normalized spacial score (nSPS) is 11.8. The number of aryl methyl sites for hydroxylation is 1. The summed E-state index contributed by atoms with van der Waals surface area (Å²) in [4.78, 5) is 0. The minimum absolute atomic E-state index is 0.182. The first-order valence-corrected chi connectivity index (χ1v) is 7.04. The topological polar surface area (TPSA) is 49.6 Å². The molecule has 1 aromatic heterocycles. The number of rotatable bonds is 4. The standard InChI is InChI=1S/C14H12ClN3S/c1-10-2-4-11(5-3-10)8-12(9-16)19-14-7-6-13(15)17-18-14/h2-7,12H,8H2,1H3/t12-/m1/s1. The Labute approximate surface area is 121 Å². The summed E-state index contributed by atoms with van der Waals surface area (Å²) in [5.74, 6) is 0. The van der Waals surface area contributed by atoms with Gasteiger partial charge in [-0.2, -0.15) is 5.26 Å². The minimum Gasteiger partial charge on any atom is -0.197 e. The van der Waals surface area contributed by atoms with Crippen LogP contribution in [0.3, 0.4) is 0 Å². The van der Waals surface area contributed by atoms with Crippen LogP contribution in [0.15, 0.2) is 41.4 Å². The summed E-state index contributed by atoms with van der Waals surface area (Å²) in [6, 6.07) is 13.9. The number of nitrogens with zero attached hydrogens (tertiary/aromatic N) is 3. The lowest BCUT2D eigenvalue weighted by Gasteiger charge is -2.08. The summed E-state index contributed by atoms with van der Waals surface area (Å²) in [5, 5.41) is 17.8. The van der Waals surface area contributed by atoms with Crippen LogP contribution in [0.2, 0.25) is 5.15 Å². The molecule has 0 fully saturated rings. The highest BCUT2D eigenvalue weighted by atomic mass is 35.5. The molecule has 0 saturated carbocycles. The highest BCUT2D eigenvalue weighted by molar-refractivity contribution is 8.00. The van der Waals surface area contributed by atoms with Crippen molar-refractivity contribution in [1.82, 2.24) is 10.2 Å². The molecule has 96 valence electrons. The molecule has 1 heterocycles. The van der Waals surface area contributed by atoms with E-state index >= 15 is 0 Å². The van der Waals surface area contributed by atoms with Gasteiger partial charge in [-0.1, -0.05) is 53.2 Å². The highest BCUT2D eigenvalue weighted by Crippen LogP contribution is 2.24. The summed E-state index contributed by atoms with van der Waals surface area (Å²) >= 11 is 7.08. The van der Waals surface area contributed by atoms with Crippen molar-refractivity contribution in [3.8, 4) is 6.07 Å². The first kappa shape index (κ1) is 13.9. The van der Waals surface area contributed by atoms with E-state index < -0.39 is 0 Å². The molecule has 0 aliphatic carbocycles.